The van der Waals surface area contributed by atoms with Gasteiger partial charge in [-0.3, -0.25) is 0 Å². The van der Waals surface area contributed by atoms with E-state index in [0.29, 0.717) is 6.04 Å². The number of nitrogens with zero attached hydrogens (tertiary/aromatic N) is 1. The summed E-state index contributed by atoms with van der Waals surface area (Å²) in [6, 6.07) is 9.28. The molecule has 2 rings (SSSR count). The number of likely N-dealkylation sites (tertiary alicyclic amines) is 1. The second-order valence-corrected chi connectivity index (χ2v) is 5.14. The maximum absolute atomic E-state index is 3.60. The molecule has 0 aromatic heterocycles. The highest BCUT2D eigenvalue weighted by molar-refractivity contribution is 5.23. The molecule has 17 heavy (non-hydrogen) atoms. The van der Waals surface area contributed by atoms with Crippen LogP contribution in [0.2, 0.25) is 0 Å². The van der Waals surface area contributed by atoms with E-state index < -0.39 is 0 Å². The van der Waals surface area contributed by atoms with Gasteiger partial charge in [-0.15, -0.1) is 0 Å². The Bertz CT molecular complexity index is 325. The van der Waals surface area contributed by atoms with E-state index in [1.54, 1.807) is 0 Å². The summed E-state index contributed by atoms with van der Waals surface area (Å²) in [5.74, 6) is 0. The lowest BCUT2D eigenvalue weighted by molar-refractivity contribution is 0.330. The fourth-order valence-corrected chi connectivity index (χ4v) is 2.42. The second kappa shape index (κ2) is 6.18. The fourth-order valence-electron chi connectivity index (χ4n) is 2.42. The zero-order chi connectivity index (χ0) is 12.1. The van der Waals surface area contributed by atoms with Crippen LogP contribution in [-0.2, 0) is 0 Å². The lowest BCUT2D eigenvalue weighted by Crippen LogP contribution is -2.31. The molecule has 1 aromatic rings. The van der Waals surface area contributed by atoms with Crippen molar-refractivity contribution in [2.24, 2.45) is 0 Å². The Labute approximate surface area is 105 Å². The predicted octanol–water partition coefficient (Wildman–Crippen LogP) is 2.74. The van der Waals surface area contributed by atoms with Gasteiger partial charge < -0.3 is 10.2 Å². The molecule has 1 fully saturated rings. The van der Waals surface area contributed by atoms with Crippen molar-refractivity contribution < 1.29 is 0 Å². The average Bonchev–Trinajstić information content (AvgIpc) is 2.83. The summed E-state index contributed by atoms with van der Waals surface area (Å²) in [6.07, 6.45) is 2.76. The van der Waals surface area contributed by atoms with Gasteiger partial charge in [0.15, 0.2) is 0 Å². The zero-order valence-electron chi connectivity index (χ0n) is 11.1. The largest absolute Gasteiger partial charge is 0.309 e. The number of hydrogen-bond donors (Lipinski definition) is 1. The van der Waals surface area contributed by atoms with Crippen LogP contribution in [0.5, 0.6) is 0 Å². The molecule has 1 aliphatic heterocycles. The Kier molecular flexibility index (Phi) is 4.57. The lowest BCUT2D eigenvalue weighted by atomic mass is 10.1. The van der Waals surface area contributed by atoms with E-state index >= 15 is 0 Å². The molecule has 1 unspecified atom stereocenters. The third-order valence-electron chi connectivity index (χ3n) is 3.65. The van der Waals surface area contributed by atoms with Crippen LogP contribution < -0.4 is 5.32 Å². The standard InChI is InChI=1S/C15H24N2/c1-13-5-7-15(8-6-13)14(2)16-9-12-17-10-3-4-11-17/h5-8,14,16H,3-4,9-12H2,1-2H3. The molecule has 2 nitrogen and oxygen atoms in total. The highest BCUT2D eigenvalue weighted by Crippen LogP contribution is 2.13. The van der Waals surface area contributed by atoms with Gasteiger partial charge in [0.05, 0.1) is 0 Å². The van der Waals surface area contributed by atoms with Gasteiger partial charge in [-0.1, -0.05) is 29.8 Å². The van der Waals surface area contributed by atoms with Crippen molar-refractivity contribution in [2.75, 3.05) is 26.2 Å². The van der Waals surface area contributed by atoms with E-state index in [-0.39, 0.29) is 0 Å². The molecule has 0 bridgehead atoms. The van der Waals surface area contributed by atoms with Gasteiger partial charge in [0, 0.05) is 19.1 Å². The Morgan fingerprint density at radius 1 is 1.18 bits per heavy atom. The van der Waals surface area contributed by atoms with Crippen LogP contribution in [0.3, 0.4) is 0 Å². The molecular formula is C15H24N2. The molecule has 1 atom stereocenters. The Balaban J connectivity index is 1.72. The van der Waals surface area contributed by atoms with Crippen molar-refractivity contribution in [1.82, 2.24) is 10.2 Å². The second-order valence-electron chi connectivity index (χ2n) is 5.14. The molecule has 0 saturated carbocycles. The minimum Gasteiger partial charge on any atom is -0.309 e. The molecule has 1 aliphatic rings. The molecule has 1 aromatic carbocycles. The highest BCUT2D eigenvalue weighted by Gasteiger charge is 2.11. The molecule has 1 heterocycles. The van der Waals surface area contributed by atoms with Crippen molar-refractivity contribution in [3.63, 3.8) is 0 Å². The van der Waals surface area contributed by atoms with Gasteiger partial charge in [-0.25, -0.2) is 0 Å². The summed E-state index contributed by atoms with van der Waals surface area (Å²) in [5.41, 5.74) is 2.72. The maximum Gasteiger partial charge on any atom is 0.0292 e. The van der Waals surface area contributed by atoms with E-state index in [2.05, 4.69) is 48.3 Å². The van der Waals surface area contributed by atoms with Gasteiger partial charge in [0.25, 0.3) is 0 Å². The van der Waals surface area contributed by atoms with Gasteiger partial charge in [0.2, 0.25) is 0 Å². The van der Waals surface area contributed by atoms with Gasteiger partial charge in [-0.05, 0) is 45.3 Å². The Morgan fingerprint density at radius 3 is 2.47 bits per heavy atom. The van der Waals surface area contributed by atoms with Crippen molar-refractivity contribution in [3.05, 3.63) is 35.4 Å². The normalized spacial score (nSPS) is 18.5. The van der Waals surface area contributed by atoms with Crippen LogP contribution in [0.1, 0.15) is 36.9 Å². The van der Waals surface area contributed by atoms with Crippen LogP contribution >= 0.6 is 0 Å². The number of aryl methyl sites for hydroxylation is 1. The molecular weight excluding hydrogens is 208 g/mol. The van der Waals surface area contributed by atoms with Crippen molar-refractivity contribution in [2.45, 2.75) is 32.7 Å². The summed E-state index contributed by atoms with van der Waals surface area (Å²) in [5, 5.41) is 3.60. The smallest absolute Gasteiger partial charge is 0.0292 e. The van der Waals surface area contributed by atoms with Gasteiger partial charge in [-0.2, -0.15) is 0 Å². The first kappa shape index (κ1) is 12.6. The van der Waals surface area contributed by atoms with E-state index in [1.807, 2.05) is 0 Å². The SMILES string of the molecule is Cc1ccc(C(C)NCCN2CCCC2)cc1. The quantitative estimate of drug-likeness (QED) is 0.840. The first-order valence-corrected chi connectivity index (χ1v) is 6.78. The number of benzene rings is 1. The minimum absolute atomic E-state index is 0.457. The predicted molar refractivity (Wildman–Crippen MR) is 73.3 cm³/mol. The first-order valence-electron chi connectivity index (χ1n) is 6.78. The maximum atomic E-state index is 3.60. The molecule has 0 aliphatic carbocycles. The highest BCUT2D eigenvalue weighted by atomic mass is 15.1. The van der Waals surface area contributed by atoms with Crippen LogP contribution in [0, 0.1) is 6.92 Å². The van der Waals surface area contributed by atoms with Crippen molar-refractivity contribution in [3.8, 4) is 0 Å². The fraction of sp³-hybridized carbons (Fsp3) is 0.600. The molecule has 0 spiro atoms. The van der Waals surface area contributed by atoms with Crippen molar-refractivity contribution in [1.29, 1.82) is 0 Å². The number of nitrogens with one attached hydrogen (secondary N) is 1. The van der Waals surface area contributed by atoms with Crippen LogP contribution in [-0.4, -0.2) is 31.1 Å². The molecule has 94 valence electrons. The van der Waals surface area contributed by atoms with E-state index in [9.17, 15) is 0 Å². The summed E-state index contributed by atoms with van der Waals surface area (Å²) < 4.78 is 0. The summed E-state index contributed by atoms with van der Waals surface area (Å²) in [7, 11) is 0. The molecule has 2 heteroatoms. The minimum atomic E-state index is 0.457. The van der Waals surface area contributed by atoms with Crippen LogP contribution in [0.15, 0.2) is 24.3 Å². The Hall–Kier alpha value is -0.860. The van der Waals surface area contributed by atoms with E-state index in [1.165, 1.54) is 43.6 Å². The Morgan fingerprint density at radius 2 is 1.82 bits per heavy atom. The summed E-state index contributed by atoms with van der Waals surface area (Å²) in [4.78, 5) is 2.55. The number of rotatable bonds is 5. The zero-order valence-corrected chi connectivity index (χ0v) is 11.1. The molecule has 1 saturated heterocycles. The van der Waals surface area contributed by atoms with Crippen LogP contribution in [0.25, 0.3) is 0 Å². The molecule has 0 radical (unpaired) electrons. The average molecular weight is 232 g/mol. The number of hydrogen-bond acceptors (Lipinski definition) is 2. The third-order valence-corrected chi connectivity index (χ3v) is 3.65. The van der Waals surface area contributed by atoms with E-state index in [4.69, 9.17) is 0 Å². The topological polar surface area (TPSA) is 15.3 Å². The third kappa shape index (κ3) is 3.83. The first-order chi connectivity index (χ1) is 8.25. The van der Waals surface area contributed by atoms with Gasteiger partial charge in [0.1, 0.15) is 0 Å². The lowest BCUT2D eigenvalue weighted by Gasteiger charge is -2.18. The monoisotopic (exact) mass is 232 g/mol. The van der Waals surface area contributed by atoms with E-state index in [0.717, 1.165) is 6.54 Å². The van der Waals surface area contributed by atoms with Gasteiger partial charge >= 0.3 is 0 Å². The molecule has 1 N–H and O–H groups in total. The van der Waals surface area contributed by atoms with Crippen molar-refractivity contribution >= 4 is 0 Å². The summed E-state index contributed by atoms with van der Waals surface area (Å²) >= 11 is 0. The molecule has 0 amide bonds. The summed E-state index contributed by atoms with van der Waals surface area (Å²) in [6.45, 7) is 9.25. The van der Waals surface area contributed by atoms with Crippen LogP contribution in [0.4, 0.5) is 0 Å².